The number of fused-ring (bicyclic) bond motifs is 6. The summed E-state index contributed by atoms with van der Waals surface area (Å²) in [5, 5.41) is 17.2. The molecule has 0 saturated heterocycles. The molecular weight excluding hydrogens is 1100 g/mol. The lowest BCUT2D eigenvalue weighted by Gasteiger charge is -2.08. The third-order valence-corrected chi connectivity index (χ3v) is 15.2. The summed E-state index contributed by atoms with van der Waals surface area (Å²) < 4.78 is 48.1. The van der Waals surface area contributed by atoms with Gasteiger partial charge in [0.1, 0.15) is 47.7 Å². The largest absolute Gasteiger partial charge is 0.489 e. The molecule has 412 valence electrons. The lowest BCUT2D eigenvalue weighted by Crippen LogP contribution is -2.22. The molecule has 0 spiro atoms. The molecule has 0 atom stereocenters. The summed E-state index contributed by atoms with van der Waals surface area (Å²) in [6, 6.07) is 63.0. The van der Waals surface area contributed by atoms with Crippen LogP contribution in [-0.4, -0.2) is 49.4 Å². The van der Waals surface area contributed by atoms with Crippen LogP contribution in [0.4, 0.5) is 8.78 Å². The molecule has 0 amide bonds. The molecule has 18 heteroatoms. The number of ether oxygens (including phenoxy) is 2. The van der Waals surface area contributed by atoms with Gasteiger partial charge in [-0.25, -0.2) is 36.9 Å². The number of nitrogens with zero attached hydrogens (tertiary/aromatic N) is 8. The maximum atomic E-state index is 14.1. The van der Waals surface area contributed by atoms with E-state index in [9.17, 15) is 18.4 Å². The number of carboxylic acid groups (broad SMARTS) is 1. The van der Waals surface area contributed by atoms with Gasteiger partial charge >= 0.3 is 0 Å². The summed E-state index contributed by atoms with van der Waals surface area (Å²) in [5.74, 6) is -0.264. The summed E-state index contributed by atoms with van der Waals surface area (Å²) in [6.07, 6.45) is 7.56. The zero-order chi connectivity index (χ0) is 57.7. The third-order valence-electron chi connectivity index (χ3n) is 13.3. The number of para-hydroxylation sites is 6. The van der Waals surface area contributed by atoms with Crippen LogP contribution in [0.5, 0.6) is 11.5 Å². The van der Waals surface area contributed by atoms with E-state index in [2.05, 4.69) is 9.97 Å². The predicted molar refractivity (Wildman–Crippen MR) is 324 cm³/mol. The monoisotopic (exact) mass is 1150 g/mol. The number of carboxylic acids is 1. The number of aromatic nitrogens is 8. The zero-order valence-corrected chi connectivity index (χ0v) is 46.1. The van der Waals surface area contributed by atoms with E-state index in [0.29, 0.717) is 53.0 Å². The number of imidazole rings is 2. The van der Waals surface area contributed by atoms with Crippen molar-refractivity contribution in [3.63, 3.8) is 0 Å². The summed E-state index contributed by atoms with van der Waals surface area (Å²) in [7, 11) is 0. The van der Waals surface area contributed by atoms with Gasteiger partial charge in [0.15, 0.2) is 9.92 Å². The molecule has 14 aromatic rings. The molecule has 0 bridgehead atoms. The van der Waals surface area contributed by atoms with Crippen LogP contribution < -0.4 is 29.7 Å². The number of rotatable bonds is 12. The van der Waals surface area contributed by atoms with Gasteiger partial charge in [0, 0.05) is 52.7 Å². The van der Waals surface area contributed by atoms with Gasteiger partial charge in [-0.3, -0.25) is 14.4 Å². The Kier molecular flexibility index (Phi) is 15.3. The van der Waals surface area contributed by atoms with E-state index in [-0.39, 0.29) is 36.0 Å². The van der Waals surface area contributed by atoms with Crippen molar-refractivity contribution in [2.75, 3.05) is 0 Å². The molecule has 1 N–H and O–H groups in total. The van der Waals surface area contributed by atoms with E-state index in [1.165, 1.54) is 34.8 Å². The smallest absolute Gasteiger partial charge is 0.300 e. The molecule has 0 radical (unpaired) electrons. The molecule has 6 heterocycles. The summed E-state index contributed by atoms with van der Waals surface area (Å²) in [4.78, 5) is 46.5. The molecule has 8 aromatic carbocycles. The van der Waals surface area contributed by atoms with Crippen molar-refractivity contribution in [3.05, 3.63) is 282 Å². The number of hydrogen-bond acceptors (Lipinski definition) is 11. The highest BCUT2D eigenvalue weighted by molar-refractivity contribution is 7.15. The molecule has 0 unspecified atom stereocenters. The first-order valence-corrected chi connectivity index (χ1v) is 27.9. The summed E-state index contributed by atoms with van der Waals surface area (Å²) in [5.41, 5.74) is 10.2. The Hall–Kier alpha value is -10.7. The van der Waals surface area contributed by atoms with Gasteiger partial charge < -0.3 is 14.6 Å². The average molecular weight is 1150 g/mol. The van der Waals surface area contributed by atoms with Crippen LogP contribution in [-0.2, 0) is 18.0 Å². The average Bonchev–Trinajstić information content (AvgIpc) is 2.99. The molecule has 0 saturated carbocycles. The fraction of sp³-hybridized carbons (Fsp3) is 0.0455. The second-order valence-corrected chi connectivity index (χ2v) is 21.0. The lowest BCUT2D eigenvalue weighted by atomic mass is 10.1. The summed E-state index contributed by atoms with van der Waals surface area (Å²) >= 11 is 2.70. The summed E-state index contributed by atoms with van der Waals surface area (Å²) in [6.45, 7) is 1.30. The lowest BCUT2D eigenvalue weighted by molar-refractivity contribution is -0.134. The van der Waals surface area contributed by atoms with E-state index >= 15 is 0 Å². The number of benzene rings is 8. The van der Waals surface area contributed by atoms with Crippen molar-refractivity contribution in [3.8, 4) is 45.4 Å². The van der Waals surface area contributed by atoms with Crippen molar-refractivity contribution in [2.45, 2.75) is 20.1 Å². The van der Waals surface area contributed by atoms with Gasteiger partial charge in [-0.15, -0.1) is 0 Å². The van der Waals surface area contributed by atoms with Gasteiger partial charge in [0.25, 0.3) is 17.1 Å². The quantitative estimate of drug-likeness (QED) is 0.125. The SMILES string of the molecule is CC(=O)O.O=c1/c(=C/c2cn(-c3ccccc3)nc2-c2cccc(OCc3ccccc3F)c2)sc2nc3ccccc3n12.O=c1/c(=C/c2cn(-c3ccccc3)nc2-c2cccc(OCc3ccccc3F)c2)sc2nc3ccccc3n12. The molecular formula is C66H46F2N8O6S2. The first-order chi connectivity index (χ1) is 41.0. The predicted octanol–water partition coefficient (Wildman–Crippen LogP) is 12.1. The molecule has 14 rings (SSSR count). The Morgan fingerprint density at radius 3 is 1.31 bits per heavy atom. The zero-order valence-electron chi connectivity index (χ0n) is 44.5. The minimum absolute atomic E-state index is 0.107. The van der Waals surface area contributed by atoms with Crippen molar-refractivity contribution >= 4 is 72.8 Å². The van der Waals surface area contributed by atoms with Gasteiger partial charge in [0.2, 0.25) is 0 Å². The van der Waals surface area contributed by atoms with Crippen LogP contribution in [0.15, 0.2) is 228 Å². The maximum Gasteiger partial charge on any atom is 0.300 e. The number of thiazole rings is 2. The topological polar surface area (TPSA) is 160 Å². The fourth-order valence-electron chi connectivity index (χ4n) is 9.39. The van der Waals surface area contributed by atoms with Crippen LogP contribution in [0, 0.1) is 11.6 Å². The molecule has 0 aliphatic rings. The molecule has 0 aliphatic heterocycles. The third kappa shape index (κ3) is 11.5. The minimum Gasteiger partial charge on any atom is -0.489 e. The van der Waals surface area contributed by atoms with E-state index in [4.69, 9.17) is 29.6 Å². The number of carbonyl (C=O) groups is 1. The second kappa shape index (κ2) is 23.8. The minimum atomic E-state index is -0.833. The van der Waals surface area contributed by atoms with Crippen LogP contribution >= 0.6 is 22.7 Å². The molecule has 0 fully saturated rings. The van der Waals surface area contributed by atoms with E-state index in [1.807, 2.05) is 182 Å². The number of aliphatic carboxylic acids is 1. The Morgan fingerprint density at radius 2 is 0.893 bits per heavy atom. The Balaban J connectivity index is 0.000000156. The Labute approximate surface area is 484 Å². The molecule has 0 aliphatic carbocycles. The van der Waals surface area contributed by atoms with Crippen molar-refractivity contribution < 1.29 is 28.2 Å². The number of hydrogen-bond donors (Lipinski definition) is 1. The van der Waals surface area contributed by atoms with Crippen LogP contribution in [0.1, 0.15) is 29.2 Å². The first-order valence-electron chi connectivity index (χ1n) is 26.3. The second-order valence-electron chi connectivity index (χ2n) is 19.0. The molecule has 14 nitrogen and oxygen atoms in total. The van der Waals surface area contributed by atoms with Crippen LogP contribution in [0.25, 0.3) is 78.0 Å². The normalized spacial score (nSPS) is 11.7. The van der Waals surface area contributed by atoms with E-state index < -0.39 is 5.97 Å². The van der Waals surface area contributed by atoms with Crippen LogP contribution in [0.3, 0.4) is 0 Å². The van der Waals surface area contributed by atoms with Crippen molar-refractivity contribution in [1.29, 1.82) is 0 Å². The highest BCUT2D eigenvalue weighted by Crippen LogP contribution is 2.31. The first kappa shape index (κ1) is 53.9. The number of halogens is 2. The maximum absolute atomic E-state index is 14.1. The Morgan fingerprint density at radius 1 is 0.512 bits per heavy atom. The van der Waals surface area contributed by atoms with E-state index in [0.717, 1.165) is 62.6 Å². The van der Waals surface area contributed by atoms with Gasteiger partial charge in [-0.1, -0.05) is 144 Å². The van der Waals surface area contributed by atoms with Gasteiger partial charge in [-0.2, -0.15) is 10.2 Å². The Bertz CT molecular complexity index is 4650. The fourth-order valence-corrected chi connectivity index (χ4v) is 11.3. The van der Waals surface area contributed by atoms with Gasteiger partial charge in [-0.05, 0) is 97.1 Å². The van der Waals surface area contributed by atoms with Crippen LogP contribution in [0.2, 0.25) is 0 Å². The van der Waals surface area contributed by atoms with Crippen molar-refractivity contribution in [1.82, 2.24) is 38.3 Å². The van der Waals surface area contributed by atoms with E-state index in [1.54, 1.807) is 54.6 Å². The highest BCUT2D eigenvalue weighted by atomic mass is 32.1. The molecule has 6 aromatic heterocycles. The molecule has 84 heavy (non-hydrogen) atoms. The van der Waals surface area contributed by atoms with Gasteiger partial charge in [0.05, 0.1) is 42.5 Å². The standard InChI is InChI=1S/2C32H21FN4O2S.C2H4O2/c2*33-26-14-5-4-9-22(26)20-39-25-13-8-10-21(17-25)30-23(19-36(35-30)24-11-2-1-3-12-24)18-29-31(38)37-28-16-7-6-15-27(28)34-32(37)40-29;1-2(3)4/h2*1-19H,20H2;1H3,(H,3,4)/b2*29-18-;. The highest BCUT2D eigenvalue weighted by Gasteiger charge is 2.18. The van der Waals surface area contributed by atoms with Crippen molar-refractivity contribution in [2.24, 2.45) is 0 Å².